The normalized spacial score (nSPS) is 25.3. The lowest BCUT2D eigenvalue weighted by Gasteiger charge is -2.36. The van der Waals surface area contributed by atoms with Crippen LogP contribution in [0.4, 0.5) is 0 Å². The quantitative estimate of drug-likeness (QED) is 0.615. The van der Waals surface area contributed by atoms with E-state index in [2.05, 4.69) is 15.5 Å². The van der Waals surface area contributed by atoms with Gasteiger partial charge < -0.3 is 25.4 Å². The van der Waals surface area contributed by atoms with E-state index in [1.165, 1.54) is 0 Å². The highest BCUT2D eigenvalue weighted by atomic mass is 35.5. The van der Waals surface area contributed by atoms with Gasteiger partial charge in [0.25, 0.3) is 0 Å². The summed E-state index contributed by atoms with van der Waals surface area (Å²) in [6.07, 6.45) is 6.48. The van der Waals surface area contributed by atoms with Gasteiger partial charge >= 0.3 is 0 Å². The molecule has 0 bridgehead atoms. The molecule has 0 spiro atoms. The summed E-state index contributed by atoms with van der Waals surface area (Å²) in [6, 6.07) is 7.77. The molecule has 0 aromatic heterocycles. The number of aliphatic hydroxyl groups is 1. The summed E-state index contributed by atoms with van der Waals surface area (Å²) in [6.45, 7) is 2.80. The highest BCUT2D eigenvalue weighted by Crippen LogP contribution is 2.30. The summed E-state index contributed by atoms with van der Waals surface area (Å²) in [5.41, 5.74) is 0.956. The average Bonchev–Trinajstić information content (AvgIpc) is 2.90. The Bertz CT molecular complexity index is 870. The third kappa shape index (κ3) is 4.86. The number of piperazine rings is 1. The minimum Gasteiger partial charge on any atom is -0.483 e. The summed E-state index contributed by atoms with van der Waals surface area (Å²) in [4.78, 5) is 19.5. The Kier molecular flexibility index (Phi) is 6.72. The van der Waals surface area contributed by atoms with Crippen LogP contribution in [0.2, 0.25) is 0 Å². The number of allylic oxidation sites excluding steroid dienone is 2. The van der Waals surface area contributed by atoms with Gasteiger partial charge in [-0.2, -0.15) is 0 Å². The molecule has 1 aliphatic carbocycles. The lowest BCUT2D eigenvalue weighted by Crippen LogP contribution is -2.54. The zero-order valence-corrected chi connectivity index (χ0v) is 17.5. The minimum atomic E-state index is -0.194. The fraction of sp³-hybridized carbons (Fsp3) is 0.455. The fourth-order valence-electron chi connectivity index (χ4n) is 3.95. The molecule has 1 aromatic rings. The van der Waals surface area contributed by atoms with Crippen LogP contribution in [-0.2, 0) is 4.79 Å². The highest BCUT2D eigenvalue weighted by molar-refractivity contribution is 6.31. The second-order valence-corrected chi connectivity index (χ2v) is 8.10. The van der Waals surface area contributed by atoms with Gasteiger partial charge in [0, 0.05) is 50.3 Å². The Balaban J connectivity index is 1.53. The van der Waals surface area contributed by atoms with Gasteiger partial charge in [-0.25, -0.2) is 0 Å². The van der Waals surface area contributed by atoms with Crippen molar-refractivity contribution in [2.45, 2.75) is 31.0 Å². The van der Waals surface area contributed by atoms with Crippen molar-refractivity contribution in [3.63, 3.8) is 0 Å². The first-order chi connectivity index (χ1) is 14.6. The molecule has 7 nitrogen and oxygen atoms in total. The van der Waals surface area contributed by atoms with Crippen molar-refractivity contribution in [3.8, 4) is 5.75 Å². The number of benzene rings is 1. The molecule has 1 aromatic carbocycles. The maximum atomic E-state index is 12.2. The Morgan fingerprint density at radius 2 is 2.27 bits per heavy atom. The number of carbonyl (C=O) groups is 1. The van der Waals surface area contributed by atoms with Crippen molar-refractivity contribution < 1.29 is 14.6 Å². The monoisotopic (exact) mass is 430 g/mol. The number of carbonyl (C=O) groups excluding carboxylic acids is 1. The van der Waals surface area contributed by atoms with Crippen LogP contribution in [0, 0.1) is 0 Å². The van der Waals surface area contributed by atoms with Gasteiger partial charge in [0.05, 0.1) is 5.56 Å². The first-order valence-electron chi connectivity index (χ1n) is 10.4. The summed E-state index contributed by atoms with van der Waals surface area (Å²) in [5, 5.41) is 15.8. The molecule has 1 amide bonds. The summed E-state index contributed by atoms with van der Waals surface area (Å²) in [7, 11) is 0. The van der Waals surface area contributed by atoms with Crippen LogP contribution < -0.4 is 15.4 Å². The zero-order valence-electron chi connectivity index (χ0n) is 16.8. The van der Waals surface area contributed by atoms with Crippen molar-refractivity contribution >= 4 is 23.3 Å². The van der Waals surface area contributed by atoms with Crippen molar-refractivity contribution in [1.82, 2.24) is 15.5 Å². The van der Waals surface area contributed by atoms with Crippen LogP contribution in [0.3, 0.4) is 0 Å². The Labute approximate surface area is 181 Å². The molecule has 2 unspecified atom stereocenters. The standard InChI is InChI=1S/C22H27ClN4O3/c23-15-6-7-20-18(12-15)26-22(17-4-1-2-5-19(17)30-20)27-10-9-24-16(14-27)13-21(29)25-8-3-11-28/h1-2,4-7,12,16,18,20,24,28H,3,8-11,13-14H2,(H,25,29)/t16-,18?,20?/m0/s1. The predicted octanol–water partition coefficient (Wildman–Crippen LogP) is 1.42. The van der Waals surface area contributed by atoms with Crippen molar-refractivity contribution in [2.75, 3.05) is 32.8 Å². The number of amidine groups is 1. The summed E-state index contributed by atoms with van der Waals surface area (Å²) < 4.78 is 6.25. The number of hydrogen-bond acceptors (Lipinski definition) is 6. The number of rotatable bonds is 5. The van der Waals surface area contributed by atoms with Gasteiger partial charge in [0.15, 0.2) is 0 Å². The van der Waals surface area contributed by atoms with Gasteiger partial charge in [0.2, 0.25) is 5.91 Å². The average molecular weight is 431 g/mol. The number of para-hydroxylation sites is 1. The van der Waals surface area contributed by atoms with E-state index in [0.717, 1.165) is 30.2 Å². The lowest BCUT2D eigenvalue weighted by molar-refractivity contribution is -0.121. The number of nitrogens with one attached hydrogen (secondary N) is 2. The van der Waals surface area contributed by atoms with Crippen molar-refractivity contribution in [3.05, 3.63) is 53.1 Å². The second-order valence-electron chi connectivity index (χ2n) is 7.66. The zero-order chi connectivity index (χ0) is 20.9. The molecule has 1 saturated heterocycles. The van der Waals surface area contributed by atoms with Crippen molar-refractivity contribution in [1.29, 1.82) is 0 Å². The molecule has 0 saturated carbocycles. The van der Waals surface area contributed by atoms with Crippen molar-refractivity contribution in [2.24, 2.45) is 4.99 Å². The molecule has 30 heavy (non-hydrogen) atoms. The number of nitrogens with zero attached hydrogens (tertiary/aromatic N) is 2. The third-order valence-corrected chi connectivity index (χ3v) is 5.67. The van der Waals surface area contributed by atoms with E-state index in [9.17, 15) is 4.79 Å². The maximum absolute atomic E-state index is 12.2. The van der Waals surface area contributed by atoms with Gasteiger partial charge in [-0.05, 0) is 36.8 Å². The molecule has 8 heteroatoms. The molecule has 4 rings (SSSR count). The van der Waals surface area contributed by atoms with Gasteiger partial charge in [-0.3, -0.25) is 9.79 Å². The Hall–Kier alpha value is -2.35. The van der Waals surface area contributed by atoms with E-state index >= 15 is 0 Å². The second kappa shape index (κ2) is 9.64. The Morgan fingerprint density at radius 3 is 3.13 bits per heavy atom. The molecule has 1 fully saturated rings. The van der Waals surface area contributed by atoms with E-state index in [1.807, 2.05) is 42.5 Å². The van der Waals surface area contributed by atoms with Gasteiger partial charge in [-0.1, -0.05) is 23.7 Å². The summed E-state index contributed by atoms with van der Waals surface area (Å²) >= 11 is 6.23. The van der Waals surface area contributed by atoms with Gasteiger partial charge in [0.1, 0.15) is 23.7 Å². The third-order valence-electron chi connectivity index (χ3n) is 5.42. The highest BCUT2D eigenvalue weighted by Gasteiger charge is 2.32. The molecule has 3 N–H and O–H groups in total. The number of hydrogen-bond donors (Lipinski definition) is 3. The molecule has 2 heterocycles. The lowest BCUT2D eigenvalue weighted by atomic mass is 10.1. The van der Waals surface area contributed by atoms with Crippen LogP contribution in [0.1, 0.15) is 18.4 Å². The van der Waals surface area contributed by atoms with E-state index in [4.69, 9.17) is 26.4 Å². The largest absolute Gasteiger partial charge is 0.483 e. The molecule has 2 aliphatic heterocycles. The molecule has 3 aliphatic rings. The molecule has 3 atom stereocenters. The number of ether oxygens (including phenoxy) is 1. The van der Waals surface area contributed by atoms with E-state index < -0.39 is 0 Å². The smallest absolute Gasteiger partial charge is 0.221 e. The number of aliphatic imine (C=N–C) groups is 1. The van der Waals surface area contributed by atoms with Crippen LogP contribution >= 0.6 is 11.6 Å². The predicted molar refractivity (Wildman–Crippen MR) is 117 cm³/mol. The van der Waals surface area contributed by atoms with Crippen LogP contribution in [0.5, 0.6) is 5.75 Å². The van der Waals surface area contributed by atoms with Crippen LogP contribution in [-0.4, -0.2) is 72.7 Å². The topological polar surface area (TPSA) is 86.2 Å². The number of fused-ring (bicyclic) bond motifs is 2. The van der Waals surface area contributed by atoms with Gasteiger partial charge in [-0.15, -0.1) is 0 Å². The fourth-order valence-corrected chi connectivity index (χ4v) is 4.16. The summed E-state index contributed by atoms with van der Waals surface area (Å²) in [5.74, 6) is 1.67. The van der Waals surface area contributed by atoms with Crippen LogP contribution in [0.25, 0.3) is 0 Å². The molecular weight excluding hydrogens is 404 g/mol. The first kappa shape index (κ1) is 20.9. The van der Waals surface area contributed by atoms with Crippen LogP contribution in [0.15, 0.2) is 52.5 Å². The maximum Gasteiger partial charge on any atom is 0.221 e. The van der Waals surface area contributed by atoms with E-state index in [-0.39, 0.29) is 30.7 Å². The molecule has 0 radical (unpaired) electrons. The van der Waals surface area contributed by atoms with E-state index in [0.29, 0.717) is 31.0 Å². The molecular formula is C22H27ClN4O3. The van der Waals surface area contributed by atoms with E-state index in [1.54, 1.807) is 0 Å². The number of aliphatic hydroxyl groups excluding tert-OH is 1. The minimum absolute atomic E-state index is 0.0125. The number of halogens is 1. The number of amides is 1. The molecule has 160 valence electrons. The first-order valence-corrected chi connectivity index (χ1v) is 10.8. The Morgan fingerprint density at radius 1 is 1.40 bits per heavy atom. The SMILES string of the molecule is O=C(C[C@H]1CN(C2=NC3C=C(Cl)C=CC3Oc3ccccc32)CCN1)NCCCO.